The quantitative estimate of drug-likeness (QED) is 0.693. The van der Waals surface area contributed by atoms with E-state index in [2.05, 4.69) is 29.6 Å². The van der Waals surface area contributed by atoms with E-state index in [0.29, 0.717) is 0 Å². The minimum absolute atomic E-state index is 0. The summed E-state index contributed by atoms with van der Waals surface area (Å²) in [5.41, 5.74) is 3.24. The van der Waals surface area contributed by atoms with Crippen LogP contribution < -0.4 is 5.32 Å². The lowest BCUT2D eigenvalue weighted by atomic mass is 9.98. The molecule has 1 aliphatic heterocycles. The first-order valence-corrected chi connectivity index (χ1v) is 5.24. The van der Waals surface area contributed by atoms with E-state index in [1.54, 1.807) is 11.1 Å². The second kappa shape index (κ2) is 3.92. The molecule has 1 heterocycles. The van der Waals surface area contributed by atoms with Crippen LogP contribution in [0.25, 0.3) is 0 Å². The monoisotopic (exact) mass is 209 g/mol. The largest absolute Gasteiger partial charge is 0.316 e. The molecule has 2 bridgehead atoms. The molecular formula is C12H16ClN. The van der Waals surface area contributed by atoms with Gasteiger partial charge in [-0.1, -0.05) is 24.3 Å². The standard InChI is InChI=1S/C12H15N.ClH/c1-2-4-12-10-7-9(11(12)3-1)5-6-13-8-10;/h1-4,9-10,13H,5-8H2;1H. The fourth-order valence-corrected chi connectivity index (χ4v) is 2.87. The molecule has 0 amide bonds. The van der Waals surface area contributed by atoms with Crippen molar-refractivity contribution in [3.05, 3.63) is 35.4 Å². The average Bonchev–Trinajstić information content (AvgIpc) is 2.35. The van der Waals surface area contributed by atoms with Crippen molar-refractivity contribution in [2.75, 3.05) is 13.1 Å². The summed E-state index contributed by atoms with van der Waals surface area (Å²) in [5.74, 6) is 1.64. The predicted octanol–water partition coefficient (Wildman–Crippen LogP) is 2.67. The summed E-state index contributed by atoms with van der Waals surface area (Å²) in [7, 11) is 0. The Morgan fingerprint density at radius 3 is 2.57 bits per heavy atom. The molecule has 3 rings (SSSR count). The van der Waals surface area contributed by atoms with Gasteiger partial charge in [0.1, 0.15) is 0 Å². The number of hydrogen-bond acceptors (Lipinski definition) is 1. The molecule has 2 aliphatic rings. The van der Waals surface area contributed by atoms with Crippen molar-refractivity contribution in [2.45, 2.75) is 24.7 Å². The molecule has 0 radical (unpaired) electrons. The number of benzene rings is 1. The maximum absolute atomic E-state index is 3.52. The summed E-state index contributed by atoms with van der Waals surface area (Å²) < 4.78 is 0. The fourth-order valence-electron chi connectivity index (χ4n) is 2.87. The number of rotatable bonds is 0. The molecule has 2 unspecified atom stereocenters. The van der Waals surface area contributed by atoms with E-state index in [1.807, 2.05) is 0 Å². The molecule has 2 atom stereocenters. The van der Waals surface area contributed by atoms with E-state index in [4.69, 9.17) is 0 Å². The first kappa shape index (κ1) is 10.0. The molecule has 0 saturated carbocycles. The van der Waals surface area contributed by atoms with Gasteiger partial charge in [0, 0.05) is 6.54 Å². The first-order valence-electron chi connectivity index (χ1n) is 5.24. The molecule has 1 aliphatic carbocycles. The SMILES string of the molecule is Cl.c1ccc2c(c1)C1CCNCC2C1. The Morgan fingerprint density at radius 2 is 1.79 bits per heavy atom. The van der Waals surface area contributed by atoms with Crippen molar-refractivity contribution in [3.63, 3.8) is 0 Å². The Morgan fingerprint density at radius 1 is 1.07 bits per heavy atom. The number of halogens is 1. The van der Waals surface area contributed by atoms with Gasteiger partial charge in [-0.25, -0.2) is 0 Å². The summed E-state index contributed by atoms with van der Waals surface area (Å²) in [5, 5.41) is 3.52. The van der Waals surface area contributed by atoms with Crippen LogP contribution in [0.4, 0.5) is 0 Å². The van der Waals surface area contributed by atoms with Gasteiger partial charge in [0.05, 0.1) is 0 Å². The molecule has 1 N–H and O–H groups in total. The first-order chi connectivity index (χ1) is 6.45. The Labute approximate surface area is 91.3 Å². The van der Waals surface area contributed by atoms with Crippen LogP contribution >= 0.6 is 12.4 Å². The Balaban J connectivity index is 0.000000750. The normalized spacial score (nSPS) is 28.9. The third-order valence-electron chi connectivity index (χ3n) is 3.51. The van der Waals surface area contributed by atoms with Crippen LogP contribution in [0, 0.1) is 0 Å². The number of nitrogens with one attached hydrogen (secondary N) is 1. The minimum Gasteiger partial charge on any atom is -0.316 e. The van der Waals surface area contributed by atoms with Crippen molar-refractivity contribution in [3.8, 4) is 0 Å². The highest BCUT2D eigenvalue weighted by atomic mass is 35.5. The second-order valence-electron chi connectivity index (χ2n) is 4.25. The molecule has 1 nitrogen and oxygen atoms in total. The molecule has 76 valence electrons. The zero-order valence-corrected chi connectivity index (χ0v) is 9.02. The maximum Gasteiger partial charge on any atom is 0.00204 e. The van der Waals surface area contributed by atoms with Gasteiger partial charge < -0.3 is 5.32 Å². The number of hydrogen-bond donors (Lipinski definition) is 1. The molecular weight excluding hydrogens is 194 g/mol. The van der Waals surface area contributed by atoms with Gasteiger partial charge in [0.2, 0.25) is 0 Å². The lowest BCUT2D eigenvalue weighted by Crippen LogP contribution is -2.20. The highest BCUT2D eigenvalue weighted by Gasteiger charge is 2.31. The summed E-state index contributed by atoms with van der Waals surface area (Å²) >= 11 is 0. The van der Waals surface area contributed by atoms with Crippen molar-refractivity contribution >= 4 is 12.4 Å². The van der Waals surface area contributed by atoms with Crippen LogP contribution in [-0.2, 0) is 0 Å². The molecule has 0 spiro atoms. The Bertz CT molecular complexity index is 293. The molecule has 1 saturated heterocycles. The third kappa shape index (κ3) is 1.45. The zero-order chi connectivity index (χ0) is 8.67. The summed E-state index contributed by atoms with van der Waals surface area (Å²) in [6.07, 6.45) is 2.71. The third-order valence-corrected chi connectivity index (χ3v) is 3.51. The van der Waals surface area contributed by atoms with Crippen LogP contribution in [0.15, 0.2) is 24.3 Å². The maximum atomic E-state index is 3.52. The summed E-state index contributed by atoms with van der Waals surface area (Å²) in [6.45, 7) is 2.39. The van der Waals surface area contributed by atoms with E-state index in [1.165, 1.54) is 25.9 Å². The van der Waals surface area contributed by atoms with Crippen molar-refractivity contribution in [1.29, 1.82) is 0 Å². The van der Waals surface area contributed by atoms with Gasteiger partial charge >= 0.3 is 0 Å². The molecule has 1 fully saturated rings. The van der Waals surface area contributed by atoms with Crippen LogP contribution in [0.2, 0.25) is 0 Å². The van der Waals surface area contributed by atoms with Crippen LogP contribution in [0.1, 0.15) is 35.8 Å². The van der Waals surface area contributed by atoms with Gasteiger partial charge in [0.25, 0.3) is 0 Å². The van der Waals surface area contributed by atoms with Crippen LogP contribution in [-0.4, -0.2) is 13.1 Å². The zero-order valence-electron chi connectivity index (χ0n) is 8.20. The highest BCUT2D eigenvalue weighted by Crippen LogP contribution is 2.43. The van der Waals surface area contributed by atoms with Gasteiger partial charge in [0.15, 0.2) is 0 Å². The lowest BCUT2D eigenvalue weighted by molar-refractivity contribution is 0.621. The fraction of sp³-hybridized carbons (Fsp3) is 0.500. The lowest BCUT2D eigenvalue weighted by Gasteiger charge is -2.13. The van der Waals surface area contributed by atoms with Crippen LogP contribution in [0.3, 0.4) is 0 Å². The average molecular weight is 210 g/mol. The van der Waals surface area contributed by atoms with E-state index in [0.717, 1.165) is 11.8 Å². The van der Waals surface area contributed by atoms with Crippen molar-refractivity contribution in [2.24, 2.45) is 0 Å². The smallest absolute Gasteiger partial charge is 0.00204 e. The van der Waals surface area contributed by atoms with Crippen LogP contribution in [0.5, 0.6) is 0 Å². The molecule has 0 aromatic heterocycles. The topological polar surface area (TPSA) is 12.0 Å². The van der Waals surface area contributed by atoms with Gasteiger partial charge in [-0.15, -0.1) is 12.4 Å². The molecule has 2 heteroatoms. The second-order valence-corrected chi connectivity index (χ2v) is 4.25. The van der Waals surface area contributed by atoms with E-state index in [9.17, 15) is 0 Å². The van der Waals surface area contributed by atoms with E-state index >= 15 is 0 Å². The van der Waals surface area contributed by atoms with E-state index < -0.39 is 0 Å². The van der Waals surface area contributed by atoms with Gasteiger partial charge in [-0.2, -0.15) is 0 Å². The van der Waals surface area contributed by atoms with E-state index in [-0.39, 0.29) is 12.4 Å². The minimum atomic E-state index is 0. The predicted molar refractivity (Wildman–Crippen MR) is 61.3 cm³/mol. The number of fused-ring (bicyclic) bond motifs is 5. The molecule has 14 heavy (non-hydrogen) atoms. The Kier molecular flexibility index (Phi) is 2.80. The van der Waals surface area contributed by atoms with Gasteiger partial charge in [-0.05, 0) is 42.3 Å². The summed E-state index contributed by atoms with van der Waals surface area (Å²) in [6, 6.07) is 9.00. The highest BCUT2D eigenvalue weighted by molar-refractivity contribution is 5.85. The molecule has 1 aromatic carbocycles. The van der Waals surface area contributed by atoms with Gasteiger partial charge in [-0.3, -0.25) is 0 Å². The van der Waals surface area contributed by atoms with Crippen molar-refractivity contribution in [1.82, 2.24) is 5.32 Å². The Hall–Kier alpha value is -0.530. The summed E-state index contributed by atoms with van der Waals surface area (Å²) in [4.78, 5) is 0. The molecule has 1 aromatic rings. The van der Waals surface area contributed by atoms with Crippen molar-refractivity contribution < 1.29 is 0 Å².